The fourth-order valence-electron chi connectivity index (χ4n) is 5.03. The Hall–Kier alpha value is -2.38. The Morgan fingerprint density at radius 3 is 2.85 bits per heavy atom. The van der Waals surface area contributed by atoms with Gasteiger partial charge in [-0.15, -0.1) is 0 Å². The van der Waals surface area contributed by atoms with Gasteiger partial charge in [0.1, 0.15) is 12.4 Å². The van der Waals surface area contributed by atoms with Crippen LogP contribution in [0.1, 0.15) is 37.7 Å². The molecule has 2 aliphatic heterocycles. The monoisotopic (exact) mass is 455 g/mol. The lowest BCUT2D eigenvalue weighted by Gasteiger charge is -2.41. The average molecular weight is 456 g/mol. The molecule has 7 heteroatoms. The molecule has 1 saturated carbocycles. The quantitative estimate of drug-likeness (QED) is 0.527. The average Bonchev–Trinajstić information content (AvgIpc) is 2.77. The Bertz CT molecular complexity index is 839. The summed E-state index contributed by atoms with van der Waals surface area (Å²) in [4.78, 5) is 30.1. The van der Waals surface area contributed by atoms with E-state index in [1.165, 1.54) is 6.42 Å². The smallest absolute Gasteiger partial charge is 0.236 e. The number of piperidine rings is 1. The van der Waals surface area contributed by atoms with Gasteiger partial charge in [0.05, 0.1) is 13.2 Å². The maximum absolute atomic E-state index is 13.3. The predicted octanol–water partition coefficient (Wildman–Crippen LogP) is 2.61. The van der Waals surface area contributed by atoms with Crippen LogP contribution in [-0.2, 0) is 20.9 Å². The highest BCUT2D eigenvalue weighted by Gasteiger charge is 2.34. The number of rotatable bonds is 6. The number of nitrogens with one attached hydrogen (secondary N) is 1. The summed E-state index contributed by atoms with van der Waals surface area (Å²) in [6.45, 7) is 4.07. The minimum atomic E-state index is 0.0504. The number of methoxy groups -OCH3 is 1. The first-order chi connectivity index (χ1) is 16.1. The van der Waals surface area contributed by atoms with E-state index in [4.69, 9.17) is 9.47 Å². The number of carbonyl (C=O) groups is 2. The zero-order valence-electron chi connectivity index (χ0n) is 19.7. The molecule has 1 saturated heterocycles. The Morgan fingerprint density at radius 1 is 1.21 bits per heavy atom. The van der Waals surface area contributed by atoms with Crippen LogP contribution in [0.2, 0.25) is 0 Å². The van der Waals surface area contributed by atoms with Crippen LogP contribution in [-0.4, -0.2) is 74.2 Å². The van der Waals surface area contributed by atoms with Crippen molar-refractivity contribution < 1.29 is 19.1 Å². The predicted molar refractivity (Wildman–Crippen MR) is 127 cm³/mol. The van der Waals surface area contributed by atoms with Gasteiger partial charge in [0.2, 0.25) is 11.8 Å². The maximum Gasteiger partial charge on any atom is 0.236 e. The number of para-hydroxylation sites is 1. The first kappa shape index (κ1) is 23.8. The highest BCUT2D eigenvalue weighted by Crippen LogP contribution is 2.31. The van der Waals surface area contributed by atoms with Crippen molar-refractivity contribution in [3.63, 3.8) is 0 Å². The Kier molecular flexibility index (Phi) is 8.40. The van der Waals surface area contributed by atoms with Gasteiger partial charge in [-0.05, 0) is 37.2 Å². The topological polar surface area (TPSA) is 71.1 Å². The Balaban J connectivity index is 1.49. The number of benzene rings is 1. The van der Waals surface area contributed by atoms with Crippen molar-refractivity contribution in [2.45, 2.75) is 44.7 Å². The molecule has 1 aromatic carbocycles. The van der Waals surface area contributed by atoms with Crippen molar-refractivity contribution in [1.82, 2.24) is 15.1 Å². The van der Waals surface area contributed by atoms with Crippen LogP contribution in [0, 0.1) is 11.8 Å². The molecule has 1 aromatic rings. The van der Waals surface area contributed by atoms with Gasteiger partial charge in [0.15, 0.2) is 0 Å². The normalized spacial score (nSPS) is 24.5. The Labute approximate surface area is 197 Å². The van der Waals surface area contributed by atoms with Crippen molar-refractivity contribution in [2.75, 3.05) is 46.5 Å². The second-order valence-corrected chi connectivity index (χ2v) is 9.44. The zero-order valence-corrected chi connectivity index (χ0v) is 19.7. The van der Waals surface area contributed by atoms with Crippen molar-refractivity contribution in [2.24, 2.45) is 11.8 Å². The molecule has 2 heterocycles. The summed E-state index contributed by atoms with van der Waals surface area (Å²) in [6, 6.07) is 8.62. The summed E-state index contributed by atoms with van der Waals surface area (Å²) in [5.74, 6) is 1.49. The van der Waals surface area contributed by atoms with Crippen molar-refractivity contribution >= 4 is 11.8 Å². The third-order valence-corrected chi connectivity index (χ3v) is 7.23. The van der Waals surface area contributed by atoms with E-state index in [-0.39, 0.29) is 23.7 Å². The van der Waals surface area contributed by atoms with Gasteiger partial charge in [0.25, 0.3) is 0 Å². The molecule has 4 rings (SSSR count). The summed E-state index contributed by atoms with van der Waals surface area (Å²) in [5.41, 5.74) is 1.13. The van der Waals surface area contributed by atoms with E-state index < -0.39 is 0 Å². The summed E-state index contributed by atoms with van der Waals surface area (Å²) < 4.78 is 11.1. The first-order valence-electron chi connectivity index (χ1n) is 12.3. The molecule has 1 N–H and O–H groups in total. The van der Waals surface area contributed by atoms with E-state index in [1.807, 2.05) is 29.2 Å². The number of amides is 2. The van der Waals surface area contributed by atoms with Crippen LogP contribution in [0.4, 0.5) is 0 Å². The van der Waals surface area contributed by atoms with Gasteiger partial charge in [0, 0.05) is 51.3 Å². The molecule has 2 atom stereocenters. The van der Waals surface area contributed by atoms with Gasteiger partial charge in [-0.2, -0.15) is 0 Å². The van der Waals surface area contributed by atoms with E-state index >= 15 is 0 Å². The molecule has 1 aliphatic carbocycles. The van der Waals surface area contributed by atoms with Gasteiger partial charge in [-0.25, -0.2) is 0 Å². The zero-order chi connectivity index (χ0) is 23.0. The summed E-state index contributed by atoms with van der Waals surface area (Å²) in [5, 5.41) is 2.93. The molecule has 3 aliphatic rings. The molecule has 0 aromatic heterocycles. The number of nitrogens with zero attached hydrogens (tertiary/aromatic N) is 2. The van der Waals surface area contributed by atoms with Crippen LogP contribution < -0.4 is 10.1 Å². The lowest BCUT2D eigenvalue weighted by Crippen LogP contribution is -2.50. The molecule has 2 amide bonds. The number of hydrogen-bond donors (Lipinski definition) is 1. The van der Waals surface area contributed by atoms with E-state index in [1.54, 1.807) is 7.11 Å². The minimum absolute atomic E-state index is 0.0504. The highest BCUT2D eigenvalue weighted by atomic mass is 16.5. The molecule has 33 heavy (non-hydrogen) atoms. The largest absolute Gasteiger partial charge is 0.489 e. The second-order valence-electron chi connectivity index (χ2n) is 9.44. The number of carbonyl (C=O) groups excluding carboxylic acids is 2. The third kappa shape index (κ3) is 6.36. The second kappa shape index (κ2) is 11.7. The minimum Gasteiger partial charge on any atom is -0.489 e. The van der Waals surface area contributed by atoms with Gasteiger partial charge in [-0.1, -0.05) is 36.8 Å². The maximum atomic E-state index is 13.3. The number of fused-ring (bicyclic) bond motifs is 3. The standard InChI is InChI=1S/C26H37N3O4/c1-32-15-12-27-25(30)16-20-11-13-28-17-21(20)7-5-14-33-24-10-3-2-6-22(24)18-29(19-26(28)31)23-8-4-9-23/h2-3,5-7,10,20-21,23H,4,8-9,11-19H2,1H3,(H,27,30)/t20-,21-/m0/s1. The van der Waals surface area contributed by atoms with Crippen LogP contribution in [0.25, 0.3) is 0 Å². The first-order valence-corrected chi connectivity index (χ1v) is 12.3. The number of ether oxygens (including phenoxy) is 2. The Morgan fingerprint density at radius 2 is 2.06 bits per heavy atom. The van der Waals surface area contributed by atoms with Crippen molar-refractivity contribution in [1.29, 1.82) is 0 Å². The van der Waals surface area contributed by atoms with Crippen LogP contribution in [0.15, 0.2) is 36.4 Å². The van der Waals surface area contributed by atoms with E-state index in [0.717, 1.165) is 37.1 Å². The molecule has 7 nitrogen and oxygen atoms in total. The van der Waals surface area contributed by atoms with Gasteiger partial charge >= 0.3 is 0 Å². The lowest BCUT2D eigenvalue weighted by atomic mass is 9.82. The van der Waals surface area contributed by atoms with Gasteiger partial charge < -0.3 is 19.7 Å². The molecule has 0 spiro atoms. The van der Waals surface area contributed by atoms with Crippen LogP contribution in [0.5, 0.6) is 5.75 Å². The molecular formula is C26H37N3O4. The molecule has 0 radical (unpaired) electrons. The van der Waals surface area contributed by atoms with Gasteiger partial charge in [-0.3, -0.25) is 14.5 Å². The summed E-state index contributed by atoms with van der Waals surface area (Å²) in [6.07, 6.45) is 9.05. The summed E-state index contributed by atoms with van der Waals surface area (Å²) in [7, 11) is 1.63. The van der Waals surface area contributed by atoms with Crippen molar-refractivity contribution in [3.8, 4) is 5.75 Å². The highest BCUT2D eigenvalue weighted by molar-refractivity contribution is 5.79. The van der Waals surface area contributed by atoms with Crippen molar-refractivity contribution in [3.05, 3.63) is 42.0 Å². The van der Waals surface area contributed by atoms with E-state index in [2.05, 4.69) is 22.4 Å². The molecule has 0 unspecified atom stereocenters. The molecule has 2 bridgehead atoms. The number of hydrogen-bond acceptors (Lipinski definition) is 5. The molecule has 2 fully saturated rings. The lowest BCUT2D eigenvalue weighted by molar-refractivity contribution is -0.136. The van der Waals surface area contributed by atoms with Crippen LogP contribution >= 0.6 is 0 Å². The summed E-state index contributed by atoms with van der Waals surface area (Å²) >= 11 is 0. The SMILES string of the molecule is COCCNC(=O)C[C@@H]1CCN2C[C@@H]1C=CCOc1ccccc1CN(C1CCC1)CC2=O. The fourth-order valence-corrected chi connectivity index (χ4v) is 5.03. The molecular weight excluding hydrogens is 418 g/mol. The fraction of sp³-hybridized carbons (Fsp3) is 0.615. The third-order valence-electron chi connectivity index (χ3n) is 7.23. The van der Waals surface area contributed by atoms with Crippen LogP contribution in [0.3, 0.4) is 0 Å². The van der Waals surface area contributed by atoms with E-state index in [0.29, 0.717) is 51.9 Å². The molecule has 180 valence electrons. The van der Waals surface area contributed by atoms with E-state index in [9.17, 15) is 9.59 Å².